The number of nitrogens with zero attached hydrogens (tertiary/aromatic N) is 2. The van der Waals surface area contributed by atoms with Gasteiger partial charge in [-0.2, -0.15) is 5.10 Å². The smallest absolute Gasteiger partial charge is 0.269 e. The summed E-state index contributed by atoms with van der Waals surface area (Å²) in [7, 11) is -4.06. The summed E-state index contributed by atoms with van der Waals surface area (Å²) in [6, 6.07) is 11.1. The quantitative estimate of drug-likeness (QED) is 0.488. The predicted octanol–water partition coefficient (Wildman–Crippen LogP) is 2.21. The van der Waals surface area contributed by atoms with Crippen molar-refractivity contribution in [2.75, 3.05) is 4.72 Å². The van der Waals surface area contributed by atoms with E-state index in [1.54, 1.807) is 6.92 Å². The predicted molar refractivity (Wildman–Crippen MR) is 116 cm³/mol. The summed E-state index contributed by atoms with van der Waals surface area (Å²) >= 11 is 0. The van der Waals surface area contributed by atoms with Crippen molar-refractivity contribution >= 4 is 27.5 Å². The molecular weight excluding hydrogens is 437 g/mol. The number of rotatable bonds is 6. The van der Waals surface area contributed by atoms with E-state index in [2.05, 4.69) is 20.7 Å². The van der Waals surface area contributed by atoms with Crippen LogP contribution in [0.25, 0.3) is 0 Å². The largest absolute Gasteiger partial charge is 0.280 e. The molecule has 1 heterocycles. The SMILES string of the molecule is Cc1cc(C)n(CC(=O)NNC(=O)c2cccc(NS(=O)(=O)c3ccc(C)c(F)c3)c2)n1. The number of halogens is 1. The molecule has 2 amide bonds. The Morgan fingerprint density at radius 3 is 2.44 bits per heavy atom. The van der Waals surface area contributed by atoms with Crippen molar-refractivity contribution in [3.63, 3.8) is 0 Å². The Morgan fingerprint density at radius 1 is 1.03 bits per heavy atom. The van der Waals surface area contributed by atoms with Crippen LogP contribution in [0.1, 0.15) is 27.3 Å². The number of carbonyl (C=O) groups is 2. The van der Waals surface area contributed by atoms with E-state index in [0.29, 0.717) is 5.56 Å². The zero-order valence-corrected chi connectivity index (χ0v) is 18.5. The average Bonchev–Trinajstić information content (AvgIpc) is 3.04. The normalized spacial score (nSPS) is 11.1. The Bertz CT molecular complexity index is 1290. The fourth-order valence-corrected chi connectivity index (χ4v) is 3.95. The number of carbonyl (C=O) groups excluding carboxylic acids is 2. The maximum Gasteiger partial charge on any atom is 0.269 e. The van der Waals surface area contributed by atoms with Gasteiger partial charge in [0.15, 0.2) is 0 Å². The van der Waals surface area contributed by atoms with Gasteiger partial charge in [0, 0.05) is 16.9 Å². The van der Waals surface area contributed by atoms with Crippen LogP contribution < -0.4 is 15.6 Å². The molecule has 0 unspecified atom stereocenters. The van der Waals surface area contributed by atoms with Crippen LogP contribution in [0.15, 0.2) is 53.4 Å². The minimum atomic E-state index is -4.06. The number of nitrogens with one attached hydrogen (secondary N) is 3. The van der Waals surface area contributed by atoms with Gasteiger partial charge < -0.3 is 0 Å². The first kappa shape index (κ1) is 22.9. The first-order valence-electron chi connectivity index (χ1n) is 9.54. The van der Waals surface area contributed by atoms with Crippen LogP contribution in [0.2, 0.25) is 0 Å². The molecule has 0 saturated heterocycles. The first-order valence-corrected chi connectivity index (χ1v) is 11.0. The monoisotopic (exact) mass is 459 g/mol. The highest BCUT2D eigenvalue weighted by molar-refractivity contribution is 7.92. The second-order valence-electron chi connectivity index (χ2n) is 7.18. The minimum Gasteiger partial charge on any atom is -0.280 e. The lowest BCUT2D eigenvalue weighted by Crippen LogP contribution is -2.43. The number of sulfonamides is 1. The molecule has 9 nitrogen and oxygen atoms in total. The highest BCUT2D eigenvalue weighted by Gasteiger charge is 2.17. The standard InChI is InChI=1S/C21H22FN5O4S/c1-13-7-8-18(11-19(13)22)32(30,31)26-17-6-4-5-16(10-17)21(29)24-23-20(28)12-27-15(3)9-14(2)25-27/h4-11,26H,12H2,1-3H3,(H,23,28)(H,24,29). The van der Waals surface area contributed by atoms with Gasteiger partial charge in [-0.15, -0.1) is 0 Å². The van der Waals surface area contributed by atoms with E-state index in [9.17, 15) is 22.4 Å². The van der Waals surface area contributed by atoms with Crippen molar-refractivity contribution in [3.05, 3.63) is 76.9 Å². The summed E-state index contributed by atoms with van der Waals surface area (Å²) < 4.78 is 42.6. The van der Waals surface area contributed by atoms with Gasteiger partial charge in [-0.3, -0.25) is 29.8 Å². The van der Waals surface area contributed by atoms with E-state index in [1.165, 1.54) is 48.0 Å². The zero-order chi connectivity index (χ0) is 23.5. The fraction of sp³-hybridized carbons (Fsp3) is 0.190. The van der Waals surface area contributed by atoms with Crippen molar-refractivity contribution in [2.24, 2.45) is 0 Å². The van der Waals surface area contributed by atoms with Gasteiger partial charge in [-0.1, -0.05) is 12.1 Å². The Morgan fingerprint density at radius 2 is 1.78 bits per heavy atom. The molecule has 0 aliphatic rings. The van der Waals surface area contributed by atoms with Crippen molar-refractivity contribution in [1.82, 2.24) is 20.6 Å². The van der Waals surface area contributed by atoms with Crippen molar-refractivity contribution < 1.29 is 22.4 Å². The number of hydrogen-bond acceptors (Lipinski definition) is 5. The van der Waals surface area contributed by atoms with Crippen LogP contribution >= 0.6 is 0 Å². The maximum atomic E-state index is 13.7. The van der Waals surface area contributed by atoms with Crippen LogP contribution in [0.3, 0.4) is 0 Å². The highest BCUT2D eigenvalue weighted by atomic mass is 32.2. The van der Waals surface area contributed by atoms with Crippen LogP contribution in [-0.2, 0) is 21.4 Å². The zero-order valence-electron chi connectivity index (χ0n) is 17.6. The molecule has 3 rings (SSSR count). The summed E-state index contributed by atoms with van der Waals surface area (Å²) in [6.07, 6.45) is 0. The molecule has 168 valence electrons. The van der Waals surface area contributed by atoms with Crippen LogP contribution in [0.5, 0.6) is 0 Å². The molecule has 0 aliphatic heterocycles. The fourth-order valence-electron chi connectivity index (χ4n) is 2.89. The molecule has 3 aromatic rings. The molecule has 0 saturated carbocycles. The third-order valence-electron chi connectivity index (χ3n) is 4.54. The Balaban J connectivity index is 1.64. The molecular formula is C21H22FN5O4S. The lowest BCUT2D eigenvalue weighted by molar-refractivity contribution is -0.122. The summed E-state index contributed by atoms with van der Waals surface area (Å²) in [5.74, 6) is -1.77. The van der Waals surface area contributed by atoms with Gasteiger partial charge in [-0.25, -0.2) is 12.8 Å². The van der Waals surface area contributed by atoms with Gasteiger partial charge in [-0.05, 0) is 62.7 Å². The molecule has 1 aromatic heterocycles. The number of aryl methyl sites for hydroxylation is 3. The second-order valence-corrected chi connectivity index (χ2v) is 8.87. The second kappa shape index (κ2) is 9.18. The molecule has 11 heteroatoms. The molecule has 3 N–H and O–H groups in total. The van der Waals surface area contributed by atoms with Gasteiger partial charge in [0.1, 0.15) is 12.4 Å². The Hall–Kier alpha value is -3.73. The van der Waals surface area contributed by atoms with Crippen molar-refractivity contribution in [3.8, 4) is 0 Å². The summed E-state index contributed by atoms with van der Waals surface area (Å²) in [5.41, 5.74) is 6.67. The van der Waals surface area contributed by atoms with Crippen LogP contribution in [-0.4, -0.2) is 30.0 Å². The van der Waals surface area contributed by atoms with Crippen molar-refractivity contribution in [2.45, 2.75) is 32.2 Å². The van der Waals surface area contributed by atoms with Gasteiger partial charge in [0.2, 0.25) is 0 Å². The summed E-state index contributed by atoms with van der Waals surface area (Å²) in [6.45, 7) is 5.06. The average molecular weight is 460 g/mol. The van der Waals surface area contributed by atoms with E-state index >= 15 is 0 Å². The van der Waals surface area contributed by atoms with Gasteiger partial charge >= 0.3 is 0 Å². The van der Waals surface area contributed by atoms with E-state index in [4.69, 9.17) is 0 Å². The Labute approximate surface area is 184 Å². The molecule has 32 heavy (non-hydrogen) atoms. The third kappa shape index (κ3) is 5.49. The molecule has 0 aliphatic carbocycles. The molecule has 0 atom stereocenters. The number of amides is 2. The highest BCUT2D eigenvalue weighted by Crippen LogP contribution is 2.19. The first-order chi connectivity index (χ1) is 15.0. The summed E-state index contributed by atoms with van der Waals surface area (Å²) in [4.78, 5) is 24.2. The Kier molecular flexibility index (Phi) is 6.58. The van der Waals surface area contributed by atoms with E-state index in [0.717, 1.165) is 17.5 Å². The molecule has 0 fully saturated rings. The van der Waals surface area contributed by atoms with Crippen LogP contribution in [0.4, 0.5) is 10.1 Å². The molecule has 0 bridgehead atoms. The number of hydrazine groups is 1. The van der Waals surface area contributed by atoms with Crippen LogP contribution in [0, 0.1) is 26.6 Å². The van der Waals surface area contributed by atoms with E-state index < -0.39 is 27.7 Å². The molecule has 0 spiro atoms. The maximum absolute atomic E-state index is 13.7. The van der Waals surface area contributed by atoms with E-state index in [1.807, 2.05) is 13.0 Å². The lowest BCUT2D eigenvalue weighted by Gasteiger charge is -2.11. The van der Waals surface area contributed by atoms with Gasteiger partial charge in [0.25, 0.3) is 21.8 Å². The number of anilines is 1. The van der Waals surface area contributed by atoms with Gasteiger partial charge in [0.05, 0.1) is 10.6 Å². The summed E-state index contributed by atoms with van der Waals surface area (Å²) in [5, 5.41) is 4.17. The minimum absolute atomic E-state index is 0.0765. The topological polar surface area (TPSA) is 122 Å². The third-order valence-corrected chi connectivity index (χ3v) is 5.92. The molecule has 2 aromatic carbocycles. The number of benzene rings is 2. The van der Waals surface area contributed by atoms with E-state index in [-0.39, 0.29) is 22.7 Å². The number of aromatic nitrogens is 2. The molecule has 0 radical (unpaired) electrons. The number of hydrogen-bond donors (Lipinski definition) is 3. The lowest BCUT2D eigenvalue weighted by atomic mass is 10.2. The van der Waals surface area contributed by atoms with Crippen molar-refractivity contribution in [1.29, 1.82) is 0 Å².